The maximum Gasteiger partial charge on any atom is 0.330 e. The van der Waals surface area contributed by atoms with Gasteiger partial charge in [0.1, 0.15) is 0 Å². The van der Waals surface area contributed by atoms with Crippen LogP contribution in [-0.2, 0) is 18.4 Å². The number of ether oxygens (including phenoxy) is 1. The van der Waals surface area contributed by atoms with Crippen molar-refractivity contribution in [3.05, 3.63) is 24.3 Å². The van der Waals surface area contributed by atoms with E-state index < -0.39 is 16.6 Å². The zero-order chi connectivity index (χ0) is 24.0. The summed E-state index contributed by atoms with van der Waals surface area (Å²) in [7, 11) is -2.55. The molecule has 0 saturated carbocycles. The molecule has 0 rings (SSSR count). The van der Waals surface area contributed by atoms with Crippen LogP contribution in [-0.4, -0.2) is 41.9 Å². The number of methoxy groups -OCH3 is 1. The van der Waals surface area contributed by atoms with Crippen molar-refractivity contribution in [3.63, 3.8) is 0 Å². The van der Waals surface area contributed by atoms with E-state index in [1.54, 1.807) is 0 Å². The second kappa shape index (κ2) is 11.3. The number of rotatable bonds is 10. The summed E-state index contributed by atoms with van der Waals surface area (Å²) in [6.07, 6.45) is 8.18. The highest BCUT2D eigenvalue weighted by molar-refractivity contribution is 6.74. The summed E-state index contributed by atoms with van der Waals surface area (Å²) >= 11 is 0. The lowest BCUT2D eigenvalue weighted by Gasteiger charge is -2.44. The molecule has 0 bridgehead atoms. The second-order valence-electron chi connectivity index (χ2n) is 11.3. The summed E-state index contributed by atoms with van der Waals surface area (Å²) in [6.45, 7) is 26.9. The number of esters is 1. The van der Waals surface area contributed by atoms with E-state index >= 15 is 0 Å². The van der Waals surface area contributed by atoms with Crippen LogP contribution in [0.3, 0.4) is 0 Å². The van der Waals surface area contributed by atoms with Gasteiger partial charge in [0.2, 0.25) is 0 Å². The number of hydrogen-bond acceptors (Lipinski definition) is 4. The Morgan fingerprint density at radius 2 is 1.40 bits per heavy atom. The third-order valence-electron chi connectivity index (χ3n) is 6.80. The van der Waals surface area contributed by atoms with Crippen LogP contribution in [0.2, 0.25) is 36.3 Å². The van der Waals surface area contributed by atoms with E-state index in [1.807, 2.05) is 13.0 Å². The van der Waals surface area contributed by atoms with Crippen LogP contribution in [0.1, 0.15) is 61.8 Å². The molecule has 0 aromatic carbocycles. The summed E-state index contributed by atoms with van der Waals surface area (Å²) in [5.74, 6) is -0.192. The molecule has 3 atom stereocenters. The highest BCUT2D eigenvalue weighted by atomic mass is 28.4. The van der Waals surface area contributed by atoms with Gasteiger partial charge in [-0.1, -0.05) is 66.7 Å². The minimum absolute atomic E-state index is 0.0304. The Bertz CT molecular complexity index is 595. The molecule has 0 N–H and O–H groups in total. The fraction of sp³-hybridized carbons (Fsp3) is 0.792. The molecule has 0 aromatic rings. The summed E-state index contributed by atoms with van der Waals surface area (Å²) < 4.78 is 18.4. The zero-order valence-corrected chi connectivity index (χ0v) is 23.9. The van der Waals surface area contributed by atoms with Crippen LogP contribution in [0.25, 0.3) is 0 Å². The number of carbonyl (C=O) groups is 1. The lowest BCUT2D eigenvalue weighted by Crippen LogP contribution is -2.50. The van der Waals surface area contributed by atoms with Gasteiger partial charge >= 0.3 is 5.97 Å². The molecular weight excluding hydrogens is 408 g/mol. The second-order valence-corrected chi connectivity index (χ2v) is 20.8. The lowest BCUT2D eigenvalue weighted by molar-refractivity contribution is -0.134. The first-order valence-corrected chi connectivity index (χ1v) is 16.9. The van der Waals surface area contributed by atoms with E-state index in [0.717, 1.165) is 0 Å². The normalized spacial score (nSPS) is 17.4. The molecule has 0 fully saturated rings. The highest BCUT2D eigenvalue weighted by Gasteiger charge is 2.43. The van der Waals surface area contributed by atoms with Crippen molar-refractivity contribution < 1.29 is 18.4 Å². The van der Waals surface area contributed by atoms with Gasteiger partial charge in [-0.2, -0.15) is 0 Å². The van der Waals surface area contributed by atoms with Gasteiger partial charge in [0, 0.05) is 12.0 Å². The molecule has 6 heteroatoms. The standard InChI is InChI=1S/C24H48O4Si2/c1-14-16-20(27-29(10,11)23(3,4)5)19(2)21(17-15-18-22(25)26-9)28-30(12,13)24(6,7)8/h14-16,18-21H,17H2,1-13H3/t19-,20+,21-/m0/s1. The van der Waals surface area contributed by atoms with E-state index in [1.165, 1.54) is 13.2 Å². The molecule has 0 saturated heterocycles. The fourth-order valence-corrected chi connectivity index (χ4v) is 5.28. The van der Waals surface area contributed by atoms with E-state index in [4.69, 9.17) is 13.6 Å². The maximum absolute atomic E-state index is 11.6. The van der Waals surface area contributed by atoms with Crippen molar-refractivity contribution in [2.45, 2.75) is 110 Å². The van der Waals surface area contributed by atoms with Crippen molar-refractivity contribution in [1.82, 2.24) is 0 Å². The van der Waals surface area contributed by atoms with Crippen LogP contribution in [0, 0.1) is 5.92 Å². The van der Waals surface area contributed by atoms with Gasteiger partial charge in [0.05, 0.1) is 19.3 Å². The van der Waals surface area contributed by atoms with E-state index in [0.29, 0.717) is 6.42 Å². The number of allylic oxidation sites excluding steroid dienone is 1. The van der Waals surface area contributed by atoms with Gasteiger partial charge in [0.25, 0.3) is 0 Å². The molecule has 0 radical (unpaired) electrons. The van der Waals surface area contributed by atoms with Crippen LogP contribution in [0.5, 0.6) is 0 Å². The predicted octanol–water partition coefficient (Wildman–Crippen LogP) is 7.10. The maximum atomic E-state index is 11.6. The average molecular weight is 457 g/mol. The smallest absolute Gasteiger partial charge is 0.330 e. The first kappa shape index (κ1) is 29.3. The van der Waals surface area contributed by atoms with E-state index in [9.17, 15) is 4.79 Å². The van der Waals surface area contributed by atoms with Crippen LogP contribution in [0.15, 0.2) is 24.3 Å². The van der Waals surface area contributed by atoms with Crippen molar-refractivity contribution in [2.24, 2.45) is 5.92 Å². The Balaban J connectivity index is 5.89. The lowest BCUT2D eigenvalue weighted by atomic mass is 9.95. The Hall–Kier alpha value is -0.696. The molecule has 0 spiro atoms. The Labute approximate surface area is 188 Å². The topological polar surface area (TPSA) is 44.8 Å². The molecule has 0 unspecified atom stereocenters. The van der Waals surface area contributed by atoms with Crippen LogP contribution >= 0.6 is 0 Å². The summed E-state index contributed by atoms with van der Waals surface area (Å²) in [4.78, 5) is 11.6. The minimum atomic E-state index is -2.00. The van der Waals surface area contributed by atoms with Gasteiger partial charge in [-0.15, -0.1) is 0 Å². The molecule has 0 aliphatic rings. The molecule has 0 aliphatic heterocycles. The van der Waals surface area contributed by atoms with Crippen LogP contribution in [0.4, 0.5) is 0 Å². The first-order valence-electron chi connectivity index (χ1n) is 11.1. The Kier molecular flexibility index (Phi) is 11.0. The van der Waals surface area contributed by atoms with E-state index in [2.05, 4.69) is 86.8 Å². The predicted molar refractivity (Wildman–Crippen MR) is 134 cm³/mol. The van der Waals surface area contributed by atoms with Crippen LogP contribution < -0.4 is 0 Å². The summed E-state index contributed by atoms with van der Waals surface area (Å²) in [5.41, 5.74) is 0. The quantitative estimate of drug-likeness (QED) is 0.152. The first-order chi connectivity index (χ1) is 13.4. The number of carbonyl (C=O) groups excluding carboxylic acids is 1. The highest BCUT2D eigenvalue weighted by Crippen LogP contribution is 2.41. The van der Waals surface area contributed by atoms with Gasteiger partial charge < -0.3 is 13.6 Å². The average Bonchev–Trinajstić information content (AvgIpc) is 2.57. The van der Waals surface area contributed by atoms with Crippen molar-refractivity contribution in [2.75, 3.05) is 7.11 Å². The minimum Gasteiger partial charge on any atom is -0.466 e. The zero-order valence-electron chi connectivity index (χ0n) is 21.9. The monoisotopic (exact) mass is 456 g/mol. The van der Waals surface area contributed by atoms with Gasteiger partial charge in [-0.3, -0.25) is 0 Å². The summed E-state index contributed by atoms with van der Waals surface area (Å²) in [5, 5.41) is 0.237. The Morgan fingerprint density at radius 1 is 0.933 bits per heavy atom. The Morgan fingerprint density at radius 3 is 1.80 bits per heavy atom. The largest absolute Gasteiger partial charge is 0.466 e. The van der Waals surface area contributed by atoms with Crippen molar-refractivity contribution >= 4 is 22.6 Å². The number of hydrogen-bond donors (Lipinski definition) is 0. The summed E-state index contributed by atoms with van der Waals surface area (Å²) in [6, 6.07) is 0. The van der Waals surface area contributed by atoms with E-state index in [-0.39, 0.29) is 34.2 Å². The van der Waals surface area contributed by atoms with Gasteiger partial charge in [-0.05, 0) is 49.6 Å². The SMILES string of the molecule is CC=C[C@@H](O[Si](C)(C)C(C)(C)C)[C@H](C)[C@H](CC=CC(=O)OC)O[Si](C)(C)C(C)(C)C. The molecule has 0 aromatic heterocycles. The van der Waals surface area contributed by atoms with Crippen molar-refractivity contribution in [3.8, 4) is 0 Å². The fourth-order valence-electron chi connectivity index (χ4n) is 2.53. The van der Waals surface area contributed by atoms with Gasteiger partial charge in [-0.25, -0.2) is 4.79 Å². The molecule has 30 heavy (non-hydrogen) atoms. The molecule has 0 aliphatic carbocycles. The molecule has 4 nitrogen and oxygen atoms in total. The third-order valence-corrected chi connectivity index (χ3v) is 15.8. The third kappa shape index (κ3) is 8.81. The molecule has 0 heterocycles. The molecule has 176 valence electrons. The molecular formula is C24H48O4Si2. The molecule has 0 amide bonds. The van der Waals surface area contributed by atoms with Crippen molar-refractivity contribution in [1.29, 1.82) is 0 Å². The van der Waals surface area contributed by atoms with Gasteiger partial charge in [0.15, 0.2) is 16.6 Å².